The molecule has 310 valence electrons. The van der Waals surface area contributed by atoms with Crippen LogP contribution in [0.1, 0.15) is 36.1 Å². The second-order valence-electron chi connectivity index (χ2n) is 18.2. The molecule has 0 N–H and O–H groups in total. The van der Waals surface area contributed by atoms with E-state index in [-0.39, 0.29) is 5.41 Å². The van der Waals surface area contributed by atoms with Crippen molar-refractivity contribution in [3.8, 4) is 11.1 Å². The van der Waals surface area contributed by atoms with Crippen LogP contribution in [-0.4, -0.2) is 0 Å². The van der Waals surface area contributed by atoms with Gasteiger partial charge in [0, 0.05) is 49.1 Å². The van der Waals surface area contributed by atoms with Crippen LogP contribution in [0, 0.1) is 13.8 Å². The Bertz CT molecular complexity index is 3890. The average Bonchev–Trinajstić information content (AvgIpc) is 3.99. The number of hydrogen-bond donors (Lipinski definition) is 0. The standard InChI is InChI=1S/C61H44N2O2/c1-37-27-31-39(32-28-37)62(51-23-13-21-47-43-17-9-11-25-55(43)64-59(47)51)53-35-49-57-45-19-7-5-15-41(45)54(36-50(57)61(3,4)58(49)46-20-8-6-16-42(46)53)63(40-33-29-38(2)30-34-40)52-24-14-22-48-44-18-10-12-26-56(44)65-60(48)52/h5-36H,1-4H3. The zero-order valence-electron chi connectivity index (χ0n) is 36.7. The third-order valence-electron chi connectivity index (χ3n) is 13.9. The molecule has 0 radical (unpaired) electrons. The van der Waals surface area contributed by atoms with Crippen molar-refractivity contribution in [1.29, 1.82) is 0 Å². The molecule has 0 unspecified atom stereocenters. The minimum Gasteiger partial charge on any atom is -0.454 e. The summed E-state index contributed by atoms with van der Waals surface area (Å²) in [6, 6.07) is 70.4. The highest BCUT2D eigenvalue weighted by atomic mass is 16.3. The van der Waals surface area contributed by atoms with Crippen LogP contribution in [0.2, 0.25) is 0 Å². The summed E-state index contributed by atoms with van der Waals surface area (Å²) in [5, 5.41) is 9.23. The molecule has 2 aromatic heterocycles. The summed E-state index contributed by atoms with van der Waals surface area (Å²) in [4.78, 5) is 4.84. The molecule has 0 bridgehead atoms. The first-order valence-corrected chi connectivity index (χ1v) is 22.5. The highest BCUT2D eigenvalue weighted by Gasteiger charge is 2.41. The van der Waals surface area contributed by atoms with Crippen molar-refractivity contribution in [2.24, 2.45) is 0 Å². The van der Waals surface area contributed by atoms with Crippen LogP contribution in [0.15, 0.2) is 203 Å². The average molecular weight is 837 g/mol. The van der Waals surface area contributed by atoms with Crippen molar-refractivity contribution in [3.63, 3.8) is 0 Å². The predicted molar refractivity (Wildman–Crippen MR) is 272 cm³/mol. The molecule has 12 aromatic rings. The molecule has 0 saturated heterocycles. The monoisotopic (exact) mass is 836 g/mol. The summed E-state index contributed by atoms with van der Waals surface area (Å²) in [6.07, 6.45) is 0. The maximum atomic E-state index is 6.79. The SMILES string of the molecule is Cc1ccc(N(c2cc3c(c4ccccc24)-c2cc(N(c4ccc(C)cc4)c4cccc5c4oc4ccccc45)c4ccccc4c2C3(C)C)c2cccc3c2oc2ccccc23)cc1. The number of nitrogens with zero attached hydrogens (tertiary/aromatic N) is 2. The Morgan fingerprint density at radius 2 is 0.785 bits per heavy atom. The second kappa shape index (κ2) is 14.0. The molecule has 0 spiro atoms. The van der Waals surface area contributed by atoms with Crippen LogP contribution < -0.4 is 9.80 Å². The van der Waals surface area contributed by atoms with E-state index in [0.29, 0.717) is 0 Å². The minimum atomic E-state index is -0.362. The third-order valence-corrected chi connectivity index (χ3v) is 13.9. The molecular weight excluding hydrogens is 793 g/mol. The number of anilines is 6. The maximum Gasteiger partial charge on any atom is 0.159 e. The molecule has 0 aliphatic heterocycles. The zero-order valence-corrected chi connectivity index (χ0v) is 36.7. The lowest BCUT2D eigenvalue weighted by atomic mass is 9.79. The zero-order chi connectivity index (χ0) is 43.6. The Morgan fingerprint density at radius 3 is 1.31 bits per heavy atom. The van der Waals surface area contributed by atoms with Crippen LogP contribution in [0.3, 0.4) is 0 Å². The van der Waals surface area contributed by atoms with E-state index in [9.17, 15) is 0 Å². The minimum absolute atomic E-state index is 0.362. The summed E-state index contributed by atoms with van der Waals surface area (Å²) in [5.41, 5.74) is 17.1. The van der Waals surface area contributed by atoms with Gasteiger partial charge in [-0.3, -0.25) is 0 Å². The Morgan fingerprint density at radius 1 is 0.369 bits per heavy atom. The molecule has 0 saturated carbocycles. The largest absolute Gasteiger partial charge is 0.454 e. The molecule has 1 aliphatic rings. The predicted octanol–water partition coefficient (Wildman–Crippen LogP) is 17.7. The van der Waals surface area contributed by atoms with Crippen LogP contribution in [0.4, 0.5) is 34.1 Å². The lowest BCUT2D eigenvalue weighted by Gasteiger charge is -2.30. The van der Waals surface area contributed by atoms with E-state index in [2.05, 4.69) is 219 Å². The van der Waals surface area contributed by atoms with E-state index in [1.165, 1.54) is 54.9 Å². The Balaban J connectivity index is 1.10. The quantitative estimate of drug-likeness (QED) is 0.167. The van der Waals surface area contributed by atoms with E-state index in [0.717, 1.165) is 78.0 Å². The molecular formula is C61H44N2O2. The topological polar surface area (TPSA) is 32.8 Å². The summed E-state index contributed by atoms with van der Waals surface area (Å²) in [7, 11) is 0. The van der Waals surface area contributed by atoms with Gasteiger partial charge in [0.15, 0.2) is 11.2 Å². The number of fused-ring (bicyclic) bond motifs is 13. The van der Waals surface area contributed by atoms with E-state index < -0.39 is 0 Å². The Labute approximate surface area is 377 Å². The van der Waals surface area contributed by atoms with Gasteiger partial charge in [-0.05, 0) is 108 Å². The first-order chi connectivity index (χ1) is 31.8. The van der Waals surface area contributed by atoms with E-state index in [4.69, 9.17) is 8.83 Å². The van der Waals surface area contributed by atoms with Crippen molar-refractivity contribution < 1.29 is 8.83 Å². The lowest BCUT2D eigenvalue weighted by Crippen LogP contribution is -2.18. The van der Waals surface area contributed by atoms with Crippen LogP contribution >= 0.6 is 0 Å². The van der Waals surface area contributed by atoms with Gasteiger partial charge in [0.2, 0.25) is 0 Å². The molecule has 4 nitrogen and oxygen atoms in total. The number of hydrogen-bond acceptors (Lipinski definition) is 4. The maximum absolute atomic E-state index is 6.79. The van der Waals surface area contributed by atoms with Gasteiger partial charge in [-0.25, -0.2) is 0 Å². The molecule has 1 aliphatic carbocycles. The highest BCUT2D eigenvalue weighted by Crippen LogP contribution is 2.59. The molecule has 65 heavy (non-hydrogen) atoms. The molecule has 10 aromatic carbocycles. The molecule has 2 heterocycles. The van der Waals surface area contributed by atoms with Gasteiger partial charge in [-0.15, -0.1) is 0 Å². The summed E-state index contributed by atoms with van der Waals surface area (Å²) in [5.74, 6) is 0. The van der Waals surface area contributed by atoms with Crippen LogP contribution in [-0.2, 0) is 5.41 Å². The fraction of sp³-hybridized carbons (Fsp3) is 0.0820. The highest BCUT2D eigenvalue weighted by molar-refractivity contribution is 6.18. The van der Waals surface area contributed by atoms with Crippen molar-refractivity contribution in [2.75, 3.05) is 9.80 Å². The van der Waals surface area contributed by atoms with Gasteiger partial charge in [0.05, 0.1) is 22.7 Å². The summed E-state index contributed by atoms with van der Waals surface area (Å²) < 4.78 is 13.6. The van der Waals surface area contributed by atoms with Crippen LogP contribution in [0.25, 0.3) is 76.5 Å². The first-order valence-electron chi connectivity index (χ1n) is 22.5. The normalized spacial score (nSPS) is 13.0. The van der Waals surface area contributed by atoms with Crippen LogP contribution in [0.5, 0.6) is 0 Å². The molecule has 0 amide bonds. The summed E-state index contributed by atoms with van der Waals surface area (Å²) >= 11 is 0. The molecule has 13 rings (SSSR count). The van der Waals surface area contributed by atoms with Gasteiger partial charge in [0.1, 0.15) is 11.2 Å². The number of aryl methyl sites for hydroxylation is 2. The van der Waals surface area contributed by atoms with Crippen molar-refractivity contribution in [1.82, 2.24) is 0 Å². The molecule has 0 atom stereocenters. The van der Waals surface area contributed by atoms with Crippen molar-refractivity contribution in [3.05, 3.63) is 216 Å². The number of furan rings is 2. The first kappa shape index (κ1) is 37.5. The van der Waals surface area contributed by atoms with Crippen molar-refractivity contribution in [2.45, 2.75) is 33.1 Å². The van der Waals surface area contributed by atoms with Gasteiger partial charge >= 0.3 is 0 Å². The second-order valence-corrected chi connectivity index (χ2v) is 18.2. The molecule has 0 fully saturated rings. The van der Waals surface area contributed by atoms with Gasteiger partial charge in [-0.2, -0.15) is 0 Å². The smallest absolute Gasteiger partial charge is 0.159 e. The van der Waals surface area contributed by atoms with Gasteiger partial charge in [-0.1, -0.05) is 158 Å². The fourth-order valence-electron chi connectivity index (χ4n) is 10.9. The molecule has 4 heteroatoms. The van der Waals surface area contributed by atoms with Crippen molar-refractivity contribution >= 4 is 99.5 Å². The number of benzene rings is 10. The fourth-order valence-corrected chi connectivity index (χ4v) is 10.9. The third kappa shape index (κ3) is 5.50. The Kier molecular flexibility index (Phi) is 8.05. The summed E-state index contributed by atoms with van der Waals surface area (Å²) in [6.45, 7) is 9.11. The van der Waals surface area contributed by atoms with Gasteiger partial charge < -0.3 is 18.6 Å². The van der Waals surface area contributed by atoms with E-state index in [1.807, 2.05) is 12.1 Å². The van der Waals surface area contributed by atoms with E-state index in [1.54, 1.807) is 0 Å². The Hall–Kier alpha value is -8.08. The lowest BCUT2D eigenvalue weighted by molar-refractivity contribution is 0.666. The number of rotatable bonds is 6. The van der Waals surface area contributed by atoms with E-state index >= 15 is 0 Å². The van der Waals surface area contributed by atoms with Gasteiger partial charge in [0.25, 0.3) is 0 Å². The number of para-hydroxylation sites is 4.